The number of halogens is 1. The number of benzene rings is 2. The van der Waals surface area contributed by atoms with Crippen molar-refractivity contribution in [3.05, 3.63) is 59.6 Å². The lowest BCUT2D eigenvalue weighted by molar-refractivity contribution is -0.884. The molecule has 3 aromatic rings. The van der Waals surface area contributed by atoms with Crippen molar-refractivity contribution in [3.8, 4) is 11.5 Å². The second kappa shape index (κ2) is 8.41. The summed E-state index contributed by atoms with van der Waals surface area (Å²) < 4.78 is 33.0. The summed E-state index contributed by atoms with van der Waals surface area (Å²) in [5, 5.41) is 0.386. The summed E-state index contributed by atoms with van der Waals surface area (Å²) in [6.07, 6.45) is 1.91. The first-order valence-corrected chi connectivity index (χ1v) is 11.8. The molecule has 2 heterocycles. The van der Waals surface area contributed by atoms with Crippen LogP contribution in [0.2, 0.25) is 5.02 Å². The summed E-state index contributed by atoms with van der Waals surface area (Å²) in [7, 11) is 0.194. The van der Waals surface area contributed by atoms with Gasteiger partial charge in [0.2, 0.25) is 26.6 Å². The number of aromatic nitrogens is 1. The summed E-state index contributed by atoms with van der Waals surface area (Å²) in [5.41, 5.74) is 0.566. The summed E-state index contributed by atoms with van der Waals surface area (Å²) >= 11 is 6.33. The van der Waals surface area contributed by atoms with Gasteiger partial charge in [-0.1, -0.05) is 41.9 Å². The average molecular weight is 447 g/mol. The van der Waals surface area contributed by atoms with Crippen molar-refractivity contribution < 1.29 is 17.7 Å². The predicted octanol–water partition coefficient (Wildman–Crippen LogP) is 2.94. The highest BCUT2D eigenvalue weighted by Crippen LogP contribution is 2.37. The highest BCUT2D eigenvalue weighted by Gasteiger charge is 2.34. The van der Waals surface area contributed by atoms with E-state index in [1.54, 1.807) is 42.5 Å². The molecule has 0 aliphatic carbocycles. The molecule has 1 fully saturated rings. The van der Waals surface area contributed by atoms with Crippen molar-refractivity contribution in [2.75, 3.05) is 32.1 Å². The van der Waals surface area contributed by atoms with Crippen LogP contribution < -0.4 is 9.80 Å². The first-order valence-electron chi connectivity index (χ1n) is 9.98. The van der Waals surface area contributed by atoms with Gasteiger partial charge in [0.15, 0.2) is 0 Å². The monoisotopic (exact) mass is 446 g/mol. The molecule has 6 nitrogen and oxygen atoms in total. The van der Waals surface area contributed by atoms with Crippen LogP contribution >= 0.6 is 11.6 Å². The van der Waals surface area contributed by atoms with E-state index in [1.807, 2.05) is 24.1 Å². The van der Waals surface area contributed by atoms with E-state index >= 15 is 0 Å². The second-order valence-corrected chi connectivity index (χ2v) is 10.00. The largest absolute Gasteiger partial charge is 0.419 e. The Morgan fingerprint density at radius 3 is 2.37 bits per heavy atom. The molecule has 0 spiro atoms. The molecule has 0 unspecified atom stereocenters. The third-order valence-electron chi connectivity index (χ3n) is 5.67. The smallest absolute Gasteiger partial charge is 0.236 e. The van der Waals surface area contributed by atoms with E-state index < -0.39 is 9.84 Å². The van der Waals surface area contributed by atoms with Crippen molar-refractivity contribution >= 4 is 27.3 Å². The molecule has 1 N–H and O–H groups in total. The molecular formula is C22H25ClN3O3S+. The lowest BCUT2D eigenvalue weighted by Crippen LogP contribution is -3.10. The fraction of sp³-hybridized carbons (Fsp3) is 0.318. The standard InChI is InChI=1S/C22H24ClN3O3S/c1-25-14-12-16(13-15-25)26(2)22-21(30(27,28)17-8-4-3-5-9-17)24-20(29-22)18-10-6-7-11-19(18)23/h3-11,16H,12-15H2,1-2H3/p+1. The Labute approximate surface area is 182 Å². The molecule has 30 heavy (non-hydrogen) atoms. The molecule has 0 atom stereocenters. The molecule has 0 radical (unpaired) electrons. The maximum Gasteiger partial charge on any atom is 0.236 e. The van der Waals surface area contributed by atoms with Crippen LogP contribution in [0.15, 0.2) is 68.9 Å². The minimum absolute atomic E-state index is 0.0719. The highest BCUT2D eigenvalue weighted by molar-refractivity contribution is 7.91. The summed E-state index contributed by atoms with van der Waals surface area (Å²) in [4.78, 5) is 8.02. The Morgan fingerprint density at radius 2 is 1.70 bits per heavy atom. The van der Waals surface area contributed by atoms with Gasteiger partial charge in [0.1, 0.15) is 0 Å². The first kappa shape index (κ1) is 20.9. The quantitative estimate of drug-likeness (QED) is 0.652. The Morgan fingerprint density at radius 1 is 1.07 bits per heavy atom. The van der Waals surface area contributed by atoms with Gasteiger partial charge in [-0.3, -0.25) is 0 Å². The molecule has 8 heteroatoms. The van der Waals surface area contributed by atoms with Crippen LogP contribution in [0.3, 0.4) is 0 Å². The van der Waals surface area contributed by atoms with Crippen molar-refractivity contribution in [1.29, 1.82) is 0 Å². The number of nitrogens with zero attached hydrogens (tertiary/aromatic N) is 2. The molecule has 4 rings (SSSR count). The van der Waals surface area contributed by atoms with Crippen LogP contribution in [0.25, 0.3) is 11.5 Å². The third kappa shape index (κ3) is 3.97. The minimum atomic E-state index is -3.86. The van der Waals surface area contributed by atoms with Crippen LogP contribution in [0.4, 0.5) is 5.88 Å². The lowest BCUT2D eigenvalue weighted by atomic mass is 10.0. The van der Waals surface area contributed by atoms with E-state index in [2.05, 4.69) is 12.0 Å². The molecular weight excluding hydrogens is 422 g/mol. The van der Waals surface area contributed by atoms with E-state index in [-0.39, 0.29) is 27.7 Å². The third-order valence-corrected chi connectivity index (χ3v) is 7.67. The van der Waals surface area contributed by atoms with Crippen LogP contribution in [0.1, 0.15) is 12.8 Å². The number of piperidine rings is 1. The molecule has 1 aliphatic rings. The number of nitrogens with one attached hydrogen (secondary N) is 1. The van der Waals surface area contributed by atoms with Crippen LogP contribution in [0, 0.1) is 0 Å². The molecule has 0 bridgehead atoms. The number of rotatable bonds is 5. The number of hydrogen-bond acceptors (Lipinski definition) is 5. The zero-order valence-electron chi connectivity index (χ0n) is 17.0. The summed E-state index contributed by atoms with van der Waals surface area (Å²) in [6, 6.07) is 15.6. The maximum absolute atomic E-state index is 13.4. The van der Waals surface area contributed by atoms with Crippen LogP contribution in [-0.2, 0) is 9.84 Å². The SMILES string of the molecule is CN(c1oc(-c2ccccc2Cl)nc1S(=O)(=O)c1ccccc1)C1CC[NH+](C)CC1. The van der Waals surface area contributed by atoms with Gasteiger partial charge in [-0.05, 0) is 24.3 Å². The maximum atomic E-state index is 13.4. The number of oxazole rings is 1. The van der Waals surface area contributed by atoms with Gasteiger partial charge in [-0.15, -0.1) is 0 Å². The van der Waals surface area contributed by atoms with E-state index in [9.17, 15) is 8.42 Å². The highest BCUT2D eigenvalue weighted by atomic mass is 35.5. The van der Waals surface area contributed by atoms with Gasteiger partial charge in [-0.25, -0.2) is 8.42 Å². The van der Waals surface area contributed by atoms with Gasteiger partial charge in [0, 0.05) is 25.9 Å². The number of hydrogen-bond donors (Lipinski definition) is 1. The summed E-state index contributed by atoms with van der Waals surface area (Å²) in [6.45, 7) is 2.06. The van der Waals surface area contributed by atoms with Gasteiger partial charge < -0.3 is 14.2 Å². The van der Waals surface area contributed by atoms with E-state index in [0.29, 0.717) is 10.6 Å². The average Bonchev–Trinajstić information content (AvgIpc) is 3.21. The molecule has 0 saturated carbocycles. The molecule has 1 aliphatic heterocycles. The van der Waals surface area contributed by atoms with Crippen molar-refractivity contribution in [3.63, 3.8) is 0 Å². The molecule has 2 aromatic carbocycles. The normalized spacial score (nSPS) is 19.6. The fourth-order valence-corrected chi connectivity index (χ4v) is 5.38. The summed E-state index contributed by atoms with van der Waals surface area (Å²) in [5.74, 6) is 0.467. The number of anilines is 1. The number of likely N-dealkylation sites (tertiary alicyclic amines) is 1. The first-order chi connectivity index (χ1) is 14.4. The Bertz CT molecular complexity index is 1120. The van der Waals surface area contributed by atoms with Crippen molar-refractivity contribution in [2.45, 2.75) is 28.8 Å². The van der Waals surface area contributed by atoms with Crippen LogP contribution in [-0.4, -0.2) is 46.6 Å². The number of sulfone groups is 1. The molecule has 0 amide bonds. The number of quaternary nitrogens is 1. The fourth-order valence-electron chi connectivity index (χ4n) is 3.81. The van der Waals surface area contributed by atoms with Crippen molar-refractivity contribution in [2.24, 2.45) is 0 Å². The van der Waals surface area contributed by atoms with Gasteiger partial charge >= 0.3 is 0 Å². The predicted molar refractivity (Wildman–Crippen MR) is 117 cm³/mol. The molecule has 1 aromatic heterocycles. The van der Waals surface area contributed by atoms with E-state index in [0.717, 1.165) is 25.9 Å². The lowest BCUT2D eigenvalue weighted by Gasteiger charge is -2.33. The second-order valence-electron chi connectivity index (χ2n) is 7.72. The molecule has 1 saturated heterocycles. The van der Waals surface area contributed by atoms with Gasteiger partial charge in [0.25, 0.3) is 0 Å². The minimum Gasteiger partial charge on any atom is -0.419 e. The Kier molecular flexibility index (Phi) is 5.86. The topological polar surface area (TPSA) is 67.9 Å². The zero-order valence-corrected chi connectivity index (χ0v) is 18.6. The zero-order chi connectivity index (χ0) is 21.3. The molecule has 158 valence electrons. The van der Waals surface area contributed by atoms with Crippen LogP contribution in [0.5, 0.6) is 0 Å². The van der Waals surface area contributed by atoms with Crippen molar-refractivity contribution in [1.82, 2.24) is 4.98 Å². The van der Waals surface area contributed by atoms with Gasteiger partial charge in [0.05, 0.1) is 35.6 Å². The van der Waals surface area contributed by atoms with E-state index in [4.69, 9.17) is 16.0 Å². The Hall–Kier alpha value is -2.35. The van der Waals surface area contributed by atoms with Gasteiger partial charge in [-0.2, -0.15) is 4.98 Å². The Balaban J connectivity index is 1.82. The van der Waals surface area contributed by atoms with E-state index in [1.165, 1.54) is 4.90 Å².